The summed E-state index contributed by atoms with van der Waals surface area (Å²) in [6.45, 7) is 1.13. The zero-order valence-electron chi connectivity index (χ0n) is 12.6. The van der Waals surface area contributed by atoms with Crippen molar-refractivity contribution in [1.82, 2.24) is 15.4 Å². The fourth-order valence-electron chi connectivity index (χ4n) is 1.79. The van der Waals surface area contributed by atoms with Crippen LogP contribution in [0.25, 0.3) is 11.5 Å². The molecule has 2 aromatic heterocycles. The van der Waals surface area contributed by atoms with Gasteiger partial charge in [0.2, 0.25) is 11.7 Å². The van der Waals surface area contributed by atoms with Gasteiger partial charge in [-0.1, -0.05) is 28.5 Å². The second-order valence-corrected chi connectivity index (χ2v) is 4.74. The van der Waals surface area contributed by atoms with Crippen molar-refractivity contribution in [3.63, 3.8) is 0 Å². The summed E-state index contributed by atoms with van der Waals surface area (Å²) in [5.41, 5.74) is 1.25. The third kappa shape index (κ3) is 3.64. The zero-order valence-corrected chi connectivity index (χ0v) is 12.6. The molecular formula is C15H12N4O5. The lowest BCUT2D eigenvalue weighted by molar-refractivity contribution is -0.119. The summed E-state index contributed by atoms with van der Waals surface area (Å²) in [6.07, 6.45) is 0. The molecule has 0 spiro atoms. The molecule has 0 atom stereocenters. The zero-order chi connectivity index (χ0) is 16.9. The van der Waals surface area contributed by atoms with Crippen molar-refractivity contribution in [2.24, 2.45) is 0 Å². The summed E-state index contributed by atoms with van der Waals surface area (Å²) in [6, 6.07) is 10.4. The quantitative estimate of drug-likeness (QED) is 0.704. The number of aromatic nitrogens is 3. The van der Waals surface area contributed by atoms with E-state index in [-0.39, 0.29) is 17.7 Å². The van der Waals surface area contributed by atoms with Gasteiger partial charge in [-0.15, -0.1) is 5.10 Å². The van der Waals surface area contributed by atoms with Crippen LogP contribution < -0.4 is 5.32 Å². The third-order valence-corrected chi connectivity index (χ3v) is 2.86. The molecule has 9 nitrogen and oxygen atoms in total. The Labute approximate surface area is 135 Å². The summed E-state index contributed by atoms with van der Waals surface area (Å²) in [7, 11) is 0. The number of benzene rings is 1. The number of amides is 1. The molecule has 0 aliphatic rings. The summed E-state index contributed by atoms with van der Waals surface area (Å²) in [4.78, 5) is 23.4. The number of esters is 1. The molecule has 0 fully saturated rings. The number of nitrogens with one attached hydrogen (secondary N) is 1. The molecule has 3 rings (SSSR count). The van der Waals surface area contributed by atoms with E-state index < -0.39 is 18.5 Å². The predicted molar refractivity (Wildman–Crippen MR) is 79.9 cm³/mol. The summed E-state index contributed by atoms with van der Waals surface area (Å²) in [5.74, 6) is -1.23. The van der Waals surface area contributed by atoms with E-state index in [4.69, 9.17) is 13.7 Å². The van der Waals surface area contributed by atoms with Crippen LogP contribution in [0.4, 0.5) is 6.01 Å². The molecule has 9 heteroatoms. The first-order chi connectivity index (χ1) is 11.6. The summed E-state index contributed by atoms with van der Waals surface area (Å²) < 4.78 is 14.8. The smallest absolute Gasteiger partial charge is 0.377 e. The van der Waals surface area contributed by atoms with Crippen LogP contribution in [-0.4, -0.2) is 33.8 Å². The standard InChI is InChI=1S/C15H12N4O5/c1-9-7-11(24-19-9)14(21)22-8-12(20)16-15-18-17-13(23-15)10-5-3-2-4-6-10/h2-7H,8H2,1H3,(H,16,18,20). The fourth-order valence-corrected chi connectivity index (χ4v) is 1.79. The molecule has 1 aromatic carbocycles. The lowest BCUT2D eigenvalue weighted by Gasteiger charge is -2.01. The Bertz CT molecular complexity index is 856. The maximum absolute atomic E-state index is 11.7. The molecule has 1 N–H and O–H groups in total. The number of hydrogen-bond donors (Lipinski definition) is 1. The largest absolute Gasteiger partial charge is 0.450 e. The number of aryl methyl sites for hydroxylation is 1. The number of anilines is 1. The minimum Gasteiger partial charge on any atom is -0.450 e. The average molecular weight is 328 g/mol. The molecule has 0 saturated carbocycles. The van der Waals surface area contributed by atoms with Crippen molar-refractivity contribution in [1.29, 1.82) is 0 Å². The topological polar surface area (TPSA) is 120 Å². The molecule has 0 bridgehead atoms. The van der Waals surface area contributed by atoms with Gasteiger partial charge in [0, 0.05) is 11.6 Å². The van der Waals surface area contributed by atoms with Crippen molar-refractivity contribution < 1.29 is 23.3 Å². The lowest BCUT2D eigenvalue weighted by Crippen LogP contribution is -2.20. The van der Waals surface area contributed by atoms with E-state index in [1.165, 1.54) is 6.07 Å². The van der Waals surface area contributed by atoms with Gasteiger partial charge in [-0.2, -0.15) is 0 Å². The summed E-state index contributed by atoms with van der Waals surface area (Å²) in [5, 5.41) is 13.4. The van der Waals surface area contributed by atoms with E-state index in [2.05, 4.69) is 20.7 Å². The highest BCUT2D eigenvalue weighted by Crippen LogP contribution is 2.18. The molecule has 0 aliphatic heterocycles. The van der Waals surface area contributed by atoms with Gasteiger partial charge < -0.3 is 13.7 Å². The number of ether oxygens (including phenoxy) is 1. The minimum atomic E-state index is -0.791. The number of carbonyl (C=O) groups excluding carboxylic acids is 2. The van der Waals surface area contributed by atoms with Crippen LogP contribution in [0, 0.1) is 6.92 Å². The Morgan fingerprint density at radius 1 is 1.21 bits per heavy atom. The lowest BCUT2D eigenvalue weighted by atomic mass is 10.2. The molecule has 3 aromatic rings. The van der Waals surface area contributed by atoms with E-state index in [1.54, 1.807) is 19.1 Å². The first-order valence-corrected chi connectivity index (χ1v) is 6.91. The van der Waals surface area contributed by atoms with E-state index >= 15 is 0 Å². The summed E-state index contributed by atoms with van der Waals surface area (Å²) >= 11 is 0. The van der Waals surface area contributed by atoms with Crippen LogP contribution in [0.5, 0.6) is 0 Å². The van der Waals surface area contributed by atoms with E-state index in [0.717, 1.165) is 5.56 Å². The Kier molecular flexibility index (Phi) is 4.32. The molecule has 0 unspecified atom stereocenters. The highest BCUT2D eigenvalue weighted by Gasteiger charge is 2.16. The molecule has 0 aliphatic carbocycles. The van der Waals surface area contributed by atoms with Gasteiger partial charge in [0.1, 0.15) is 0 Å². The molecule has 0 saturated heterocycles. The van der Waals surface area contributed by atoms with Crippen LogP contribution in [0.1, 0.15) is 16.2 Å². The van der Waals surface area contributed by atoms with Gasteiger partial charge in [-0.25, -0.2) is 4.79 Å². The first kappa shape index (κ1) is 15.4. The Morgan fingerprint density at radius 3 is 2.71 bits per heavy atom. The number of carbonyl (C=O) groups is 2. The molecule has 2 heterocycles. The number of nitrogens with zero attached hydrogens (tertiary/aromatic N) is 3. The SMILES string of the molecule is Cc1cc(C(=O)OCC(=O)Nc2nnc(-c3ccccc3)o2)on1. The van der Waals surface area contributed by atoms with Crippen molar-refractivity contribution in [2.75, 3.05) is 11.9 Å². The highest BCUT2D eigenvalue weighted by molar-refractivity contribution is 5.93. The van der Waals surface area contributed by atoms with Crippen molar-refractivity contribution in [3.8, 4) is 11.5 Å². The van der Waals surface area contributed by atoms with Crippen LogP contribution >= 0.6 is 0 Å². The maximum Gasteiger partial charge on any atom is 0.377 e. The van der Waals surface area contributed by atoms with Crippen molar-refractivity contribution in [3.05, 3.63) is 47.9 Å². The number of hydrogen-bond acceptors (Lipinski definition) is 8. The molecule has 1 amide bonds. The Morgan fingerprint density at radius 2 is 2.00 bits per heavy atom. The van der Waals surface area contributed by atoms with Crippen molar-refractivity contribution >= 4 is 17.9 Å². The van der Waals surface area contributed by atoms with E-state index in [9.17, 15) is 9.59 Å². The highest BCUT2D eigenvalue weighted by atomic mass is 16.6. The van der Waals surface area contributed by atoms with Crippen LogP contribution in [-0.2, 0) is 9.53 Å². The fraction of sp³-hybridized carbons (Fsp3) is 0.133. The third-order valence-electron chi connectivity index (χ3n) is 2.86. The van der Waals surface area contributed by atoms with Gasteiger partial charge in [-0.05, 0) is 19.1 Å². The maximum atomic E-state index is 11.7. The van der Waals surface area contributed by atoms with E-state index in [0.29, 0.717) is 5.69 Å². The van der Waals surface area contributed by atoms with Gasteiger partial charge in [0.25, 0.3) is 5.91 Å². The van der Waals surface area contributed by atoms with Crippen LogP contribution in [0.15, 0.2) is 45.3 Å². The van der Waals surface area contributed by atoms with Crippen LogP contribution in [0.2, 0.25) is 0 Å². The van der Waals surface area contributed by atoms with Gasteiger partial charge >= 0.3 is 12.0 Å². The normalized spacial score (nSPS) is 10.4. The second-order valence-electron chi connectivity index (χ2n) is 4.74. The average Bonchev–Trinajstić information content (AvgIpc) is 3.23. The first-order valence-electron chi connectivity index (χ1n) is 6.91. The number of rotatable bonds is 5. The second kappa shape index (κ2) is 6.73. The molecule has 0 radical (unpaired) electrons. The molecule has 24 heavy (non-hydrogen) atoms. The Hall–Kier alpha value is -3.49. The van der Waals surface area contributed by atoms with Crippen LogP contribution in [0.3, 0.4) is 0 Å². The molecule has 122 valence electrons. The monoisotopic (exact) mass is 328 g/mol. The van der Waals surface area contributed by atoms with Crippen molar-refractivity contribution in [2.45, 2.75) is 6.92 Å². The minimum absolute atomic E-state index is 0.0792. The van der Waals surface area contributed by atoms with Gasteiger partial charge in [0.05, 0.1) is 5.69 Å². The predicted octanol–water partition coefficient (Wildman–Crippen LogP) is 1.83. The van der Waals surface area contributed by atoms with Gasteiger partial charge in [-0.3, -0.25) is 10.1 Å². The Balaban J connectivity index is 1.54. The van der Waals surface area contributed by atoms with Gasteiger partial charge in [0.15, 0.2) is 6.61 Å². The van der Waals surface area contributed by atoms with E-state index in [1.807, 2.05) is 18.2 Å². The molecular weight excluding hydrogens is 316 g/mol.